The van der Waals surface area contributed by atoms with Crippen LogP contribution in [0.15, 0.2) is 39.5 Å². The van der Waals surface area contributed by atoms with Crippen LogP contribution in [0.4, 0.5) is 0 Å². The Morgan fingerprint density at radius 3 is 2.92 bits per heavy atom. The number of aryl methyl sites for hydroxylation is 1. The predicted molar refractivity (Wildman–Crippen MR) is 104 cm³/mol. The van der Waals surface area contributed by atoms with Gasteiger partial charge in [0.2, 0.25) is 0 Å². The number of phenols is 1. The van der Waals surface area contributed by atoms with Crippen molar-refractivity contribution in [2.75, 3.05) is 18.6 Å². The third-order valence-corrected chi connectivity index (χ3v) is 4.72. The Morgan fingerprint density at radius 2 is 2.19 bits per heavy atom. The van der Waals surface area contributed by atoms with Crippen LogP contribution in [0.3, 0.4) is 0 Å². The van der Waals surface area contributed by atoms with Gasteiger partial charge in [-0.15, -0.1) is 11.8 Å². The lowest BCUT2D eigenvalue weighted by Crippen LogP contribution is -2.19. The second kappa shape index (κ2) is 10.0. The van der Waals surface area contributed by atoms with E-state index >= 15 is 0 Å². The second-order valence-electron chi connectivity index (χ2n) is 5.04. The van der Waals surface area contributed by atoms with E-state index in [2.05, 4.69) is 27.4 Å². The molecule has 0 aliphatic heterocycles. The van der Waals surface area contributed by atoms with E-state index < -0.39 is 0 Å². The van der Waals surface area contributed by atoms with E-state index in [1.165, 1.54) is 25.1 Å². The third kappa shape index (κ3) is 5.92. The molecule has 26 heavy (non-hydrogen) atoms. The molecule has 1 heterocycles. The van der Waals surface area contributed by atoms with Crippen LogP contribution < -0.4 is 10.2 Å². The molecule has 0 aliphatic rings. The molecule has 1 amide bonds. The van der Waals surface area contributed by atoms with Gasteiger partial charge < -0.3 is 9.84 Å². The van der Waals surface area contributed by atoms with Crippen molar-refractivity contribution in [3.05, 3.63) is 35.5 Å². The van der Waals surface area contributed by atoms with Crippen molar-refractivity contribution in [3.63, 3.8) is 0 Å². The molecule has 0 radical (unpaired) electrons. The van der Waals surface area contributed by atoms with E-state index in [1.54, 1.807) is 30.0 Å². The summed E-state index contributed by atoms with van der Waals surface area (Å²) in [4.78, 5) is 20.6. The fourth-order valence-corrected chi connectivity index (χ4v) is 3.40. The van der Waals surface area contributed by atoms with Gasteiger partial charge in [0.05, 0.1) is 19.1 Å². The molecule has 0 bridgehead atoms. The fourth-order valence-electron chi connectivity index (χ4n) is 1.94. The predicted octanol–water partition coefficient (Wildman–Crippen LogP) is 2.85. The summed E-state index contributed by atoms with van der Waals surface area (Å²) in [5, 5.41) is 15.3. The van der Waals surface area contributed by atoms with Crippen molar-refractivity contribution in [1.82, 2.24) is 15.4 Å². The van der Waals surface area contributed by atoms with Crippen molar-refractivity contribution in [3.8, 4) is 11.5 Å². The summed E-state index contributed by atoms with van der Waals surface area (Å²) in [5.74, 6) is 1.08. The zero-order chi connectivity index (χ0) is 18.9. The monoisotopic (exact) mass is 392 g/mol. The Labute approximate surface area is 160 Å². The molecule has 2 aromatic rings. The van der Waals surface area contributed by atoms with Gasteiger partial charge in [-0.05, 0) is 30.9 Å². The lowest BCUT2D eigenvalue weighted by atomic mass is 10.2. The summed E-state index contributed by atoms with van der Waals surface area (Å²) < 4.78 is 5.02. The number of amides is 1. The smallest absolute Gasteiger partial charge is 0.250 e. The maximum atomic E-state index is 11.9. The molecule has 0 saturated heterocycles. The second-order valence-corrected chi connectivity index (χ2v) is 7.27. The largest absolute Gasteiger partial charge is 0.504 e. The normalized spacial score (nSPS) is 10.9. The summed E-state index contributed by atoms with van der Waals surface area (Å²) >= 11 is 2.88. The molecule has 7 nitrogen and oxygen atoms in total. The van der Waals surface area contributed by atoms with Crippen LogP contribution in [0.2, 0.25) is 0 Å². The molecular weight excluding hydrogens is 372 g/mol. The summed E-state index contributed by atoms with van der Waals surface area (Å²) in [7, 11) is 1.47. The number of hydrogen-bond donors (Lipinski definition) is 2. The minimum atomic E-state index is -0.288. The maximum absolute atomic E-state index is 11.9. The number of para-hydroxylation sites is 1. The molecule has 0 spiro atoms. The number of methoxy groups -OCH3 is 1. The molecule has 0 unspecified atom stereocenters. The molecule has 0 atom stereocenters. The Bertz CT molecular complexity index is 800. The van der Waals surface area contributed by atoms with E-state index in [4.69, 9.17) is 4.74 Å². The van der Waals surface area contributed by atoms with Gasteiger partial charge in [0.25, 0.3) is 5.91 Å². The average molecular weight is 393 g/mol. The SMILES string of the molecule is CCSc1cc(C)nc(SCC(=O)NN=Cc2cccc(OC)c2O)n1. The van der Waals surface area contributed by atoms with E-state index in [0.29, 0.717) is 16.5 Å². The van der Waals surface area contributed by atoms with E-state index in [-0.39, 0.29) is 17.4 Å². The molecule has 1 aromatic heterocycles. The van der Waals surface area contributed by atoms with Crippen LogP contribution >= 0.6 is 23.5 Å². The quantitative estimate of drug-likeness (QED) is 0.234. The first-order chi connectivity index (χ1) is 12.5. The number of hydrazone groups is 1. The minimum absolute atomic E-state index is 0.0310. The number of ether oxygens (including phenoxy) is 1. The van der Waals surface area contributed by atoms with Crippen LogP contribution in [-0.4, -0.2) is 45.8 Å². The number of aromatic nitrogens is 2. The maximum Gasteiger partial charge on any atom is 0.250 e. The molecule has 9 heteroatoms. The third-order valence-electron chi connectivity index (χ3n) is 3.08. The number of thioether (sulfide) groups is 2. The first-order valence-electron chi connectivity index (χ1n) is 7.82. The Morgan fingerprint density at radius 1 is 1.38 bits per heavy atom. The molecule has 1 aromatic carbocycles. The van der Waals surface area contributed by atoms with Crippen LogP contribution in [0.5, 0.6) is 11.5 Å². The van der Waals surface area contributed by atoms with E-state index in [0.717, 1.165) is 16.5 Å². The van der Waals surface area contributed by atoms with Gasteiger partial charge in [-0.1, -0.05) is 24.8 Å². The number of nitrogens with one attached hydrogen (secondary N) is 1. The van der Waals surface area contributed by atoms with Crippen molar-refractivity contribution >= 4 is 35.6 Å². The number of hydrogen-bond acceptors (Lipinski definition) is 8. The van der Waals surface area contributed by atoms with Crippen molar-refractivity contribution < 1.29 is 14.6 Å². The van der Waals surface area contributed by atoms with Crippen LogP contribution in [-0.2, 0) is 4.79 Å². The average Bonchev–Trinajstić information content (AvgIpc) is 2.61. The highest BCUT2D eigenvalue weighted by Crippen LogP contribution is 2.27. The number of rotatable bonds is 8. The van der Waals surface area contributed by atoms with E-state index in [9.17, 15) is 9.90 Å². The molecule has 0 saturated carbocycles. The zero-order valence-corrected chi connectivity index (χ0v) is 16.4. The topological polar surface area (TPSA) is 96.7 Å². The van der Waals surface area contributed by atoms with Gasteiger partial charge in [0, 0.05) is 11.3 Å². The number of phenolic OH excluding ortho intramolecular Hbond substituents is 1. The summed E-state index contributed by atoms with van der Waals surface area (Å²) in [6.45, 7) is 3.96. The van der Waals surface area contributed by atoms with Crippen LogP contribution in [0.1, 0.15) is 18.2 Å². The summed E-state index contributed by atoms with van der Waals surface area (Å²) in [5.41, 5.74) is 3.73. The molecule has 138 valence electrons. The first kappa shape index (κ1) is 20.1. The van der Waals surface area contributed by atoms with Crippen molar-refractivity contribution in [1.29, 1.82) is 0 Å². The first-order valence-corrected chi connectivity index (χ1v) is 9.79. The summed E-state index contributed by atoms with van der Waals surface area (Å²) in [6, 6.07) is 6.94. The van der Waals surface area contributed by atoms with Crippen molar-refractivity contribution in [2.45, 2.75) is 24.0 Å². The highest BCUT2D eigenvalue weighted by atomic mass is 32.2. The molecule has 0 aliphatic carbocycles. The van der Waals surface area contributed by atoms with Gasteiger partial charge in [0.15, 0.2) is 16.7 Å². The fraction of sp³-hybridized carbons (Fsp3) is 0.294. The Kier molecular flexibility index (Phi) is 7.73. The highest BCUT2D eigenvalue weighted by Gasteiger charge is 2.08. The standard InChI is InChI=1S/C17H20N4O3S2/c1-4-25-15-8-11(2)19-17(20-15)26-10-14(22)21-18-9-12-6-5-7-13(24-3)16(12)23/h5-9,23H,4,10H2,1-3H3,(H,21,22). The Hall–Kier alpha value is -2.26. The van der Waals surface area contributed by atoms with Gasteiger partial charge in [-0.25, -0.2) is 15.4 Å². The molecule has 0 fully saturated rings. The van der Waals surface area contributed by atoms with Gasteiger partial charge in [-0.3, -0.25) is 4.79 Å². The lowest BCUT2D eigenvalue weighted by molar-refractivity contribution is -0.118. The minimum Gasteiger partial charge on any atom is -0.504 e. The van der Waals surface area contributed by atoms with Gasteiger partial charge in [0.1, 0.15) is 5.03 Å². The summed E-state index contributed by atoms with van der Waals surface area (Å²) in [6.07, 6.45) is 1.36. The Balaban J connectivity index is 1.90. The van der Waals surface area contributed by atoms with E-state index in [1.807, 2.05) is 13.0 Å². The number of carbonyl (C=O) groups is 1. The zero-order valence-electron chi connectivity index (χ0n) is 14.7. The van der Waals surface area contributed by atoms with Crippen molar-refractivity contribution in [2.24, 2.45) is 5.10 Å². The number of nitrogens with zero attached hydrogens (tertiary/aromatic N) is 3. The molecular formula is C17H20N4O3S2. The lowest BCUT2D eigenvalue weighted by Gasteiger charge is -2.05. The van der Waals surface area contributed by atoms with Gasteiger partial charge >= 0.3 is 0 Å². The van der Waals surface area contributed by atoms with Crippen LogP contribution in [0.25, 0.3) is 0 Å². The highest BCUT2D eigenvalue weighted by molar-refractivity contribution is 8.00. The molecule has 2 rings (SSSR count). The van der Waals surface area contributed by atoms with Gasteiger partial charge in [-0.2, -0.15) is 5.10 Å². The number of benzene rings is 1. The number of aromatic hydroxyl groups is 1. The van der Waals surface area contributed by atoms with Crippen LogP contribution in [0, 0.1) is 6.92 Å². The number of carbonyl (C=O) groups excluding carboxylic acids is 1. The molecule has 2 N–H and O–H groups in total.